The van der Waals surface area contributed by atoms with Crippen molar-refractivity contribution in [2.24, 2.45) is 0 Å². The molecule has 0 fully saturated rings. The molecule has 0 amide bonds. The van der Waals surface area contributed by atoms with Crippen molar-refractivity contribution in [3.05, 3.63) is 108 Å². The van der Waals surface area contributed by atoms with Crippen LogP contribution in [0.2, 0.25) is 0 Å². The quantitative estimate of drug-likeness (QED) is 0.367. The Kier molecular flexibility index (Phi) is 5.41. The van der Waals surface area contributed by atoms with E-state index >= 15 is 4.39 Å². The summed E-state index contributed by atoms with van der Waals surface area (Å²) >= 11 is 0. The molecule has 0 saturated carbocycles. The van der Waals surface area contributed by atoms with Gasteiger partial charge in [0.2, 0.25) is 0 Å². The summed E-state index contributed by atoms with van der Waals surface area (Å²) in [6, 6.07) is 31.7. The molecule has 0 saturated heterocycles. The van der Waals surface area contributed by atoms with Gasteiger partial charge in [0.25, 0.3) is 0 Å². The van der Waals surface area contributed by atoms with Crippen LogP contribution in [0.15, 0.2) is 97.1 Å². The minimum Gasteiger partial charge on any atom is -0.353 e. The van der Waals surface area contributed by atoms with Crippen LogP contribution >= 0.6 is 0 Å². The normalized spacial score (nSPS) is 11.3. The van der Waals surface area contributed by atoms with Crippen LogP contribution in [0, 0.1) is 5.82 Å². The molecule has 0 bridgehead atoms. The van der Waals surface area contributed by atoms with E-state index < -0.39 is 0 Å². The van der Waals surface area contributed by atoms with E-state index in [1.165, 1.54) is 5.56 Å². The Morgan fingerprint density at radius 3 is 1.77 bits per heavy atom. The van der Waals surface area contributed by atoms with Crippen molar-refractivity contribution in [3.63, 3.8) is 0 Å². The molecule has 150 valence electrons. The molecule has 0 spiro atoms. The highest BCUT2D eigenvalue weighted by Crippen LogP contribution is 2.37. The first-order valence-electron chi connectivity index (χ1n) is 10.2. The van der Waals surface area contributed by atoms with E-state index in [9.17, 15) is 0 Å². The highest BCUT2D eigenvalue weighted by molar-refractivity contribution is 5.85. The van der Waals surface area contributed by atoms with Crippen molar-refractivity contribution in [2.75, 3.05) is 5.32 Å². The zero-order valence-corrected chi connectivity index (χ0v) is 17.6. The highest BCUT2D eigenvalue weighted by Gasteiger charge is 2.16. The third-order valence-corrected chi connectivity index (χ3v) is 5.30. The summed E-state index contributed by atoms with van der Waals surface area (Å²) in [4.78, 5) is 0. The van der Waals surface area contributed by atoms with Crippen molar-refractivity contribution in [3.8, 4) is 22.3 Å². The number of benzene rings is 4. The summed E-state index contributed by atoms with van der Waals surface area (Å²) in [5, 5.41) is 3.32. The van der Waals surface area contributed by atoms with Gasteiger partial charge in [0.15, 0.2) is 0 Å². The Morgan fingerprint density at radius 1 is 0.633 bits per heavy atom. The van der Waals surface area contributed by atoms with Gasteiger partial charge in [0, 0.05) is 11.3 Å². The number of halogens is 1. The standard InChI is InChI=1S/C28H26FN/c1-28(2,3)23-14-16-24(17-15-23)30-27-25(21-12-8-5-9-13-21)18-22(19-26(27)29)20-10-6-4-7-11-20/h4-19,30H,1-3H3. The van der Waals surface area contributed by atoms with Crippen LogP contribution in [0.3, 0.4) is 0 Å². The average Bonchev–Trinajstić information content (AvgIpc) is 2.76. The molecule has 0 atom stereocenters. The molecule has 0 unspecified atom stereocenters. The molecule has 4 aromatic rings. The predicted octanol–water partition coefficient (Wildman–Crippen LogP) is 8.20. The lowest BCUT2D eigenvalue weighted by Crippen LogP contribution is -2.10. The lowest BCUT2D eigenvalue weighted by Gasteiger charge is -2.20. The van der Waals surface area contributed by atoms with Crippen molar-refractivity contribution in [1.29, 1.82) is 0 Å². The molecule has 2 heteroatoms. The van der Waals surface area contributed by atoms with Gasteiger partial charge in [0.05, 0.1) is 5.69 Å². The number of anilines is 2. The first kappa shape index (κ1) is 19.9. The summed E-state index contributed by atoms with van der Waals surface area (Å²) in [6.45, 7) is 6.56. The summed E-state index contributed by atoms with van der Waals surface area (Å²) < 4.78 is 15.4. The van der Waals surface area contributed by atoms with Gasteiger partial charge in [-0.1, -0.05) is 93.6 Å². The summed E-state index contributed by atoms with van der Waals surface area (Å²) in [5.74, 6) is -0.268. The Balaban J connectivity index is 1.79. The monoisotopic (exact) mass is 395 g/mol. The topological polar surface area (TPSA) is 12.0 Å². The van der Waals surface area contributed by atoms with E-state index in [0.29, 0.717) is 5.69 Å². The fourth-order valence-electron chi connectivity index (χ4n) is 3.57. The van der Waals surface area contributed by atoms with E-state index in [1.54, 1.807) is 6.07 Å². The summed E-state index contributed by atoms with van der Waals surface area (Å²) in [5.41, 5.74) is 6.36. The summed E-state index contributed by atoms with van der Waals surface area (Å²) in [7, 11) is 0. The van der Waals surface area contributed by atoms with Gasteiger partial charge in [-0.15, -0.1) is 0 Å². The van der Waals surface area contributed by atoms with E-state index in [2.05, 4.69) is 44.3 Å². The van der Waals surface area contributed by atoms with Crippen LogP contribution in [0.4, 0.5) is 15.8 Å². The molecule has 0 aromatic heterocycles. The Bertz CT molecular complexity index is 1130. The Morgan fingerprint density at radius 2 is 1.20 bits per heavy atom. The molecule has 0 aliphatic heterocycles. The maximum absolute atomic E-state index is 15.4. The molecule has 0 aliphatic rings. The van der Waals surface area contributed by atoms with Crippen molar-refractivity contribution >= 4 is 11.4 Å². The molecule has 1 nitrogen and oxygen atoms in total. The van der Waals surface area contributed by atoms with Crippen molar-refractivity contribution < 1.29 is 4.39 Å². The van der Waals surface area contributed by atoms with Gasteiger partial charge in [-0.3, -0.25) is 0 Å². The zero-order valence-electron chi connectivity index (χ0n) is 17.6. The number of hydrogen-bond donors (Lipinski definition) is 1. The fraction of sp³-hybridized carbons (Fsp3) is 0.143. The number of nitrogens with one attached hydrogen (secondary N) is 1. The van der Waals surface area contributed by atoms with Crippen molar-refractivity contribution in [1.82, 2.24) is 0 Å². The maximum atomic E-state index is 15.4. The average molecular weight is 396 g/mol. The van der Waals surface area contributed by atoms with Crippen LogP contribution in [-0.4, -0.2) is 0 Å². The Labute approximate surface area is 178 Å². The molecular formula is C28H26FN. The first-order chi connectivity index (χ1) is 14.4. The SMILES string of the molecule is CC(C)(C)c1ccc(Nc2c(F)cc(-c3ccccc3)cc2-c2ccccc2)cc1. The van der Waals surface area contributed by atoms with Crippen LogP contribution in [0.1, 0.15) is 26.3 Å². The van der Waals surface area contributed by atoms with Gasteiger partial charge in [0.1, 0.15) is 5.82 Å². The minimum atomic E-state index is -0.268. The van der Waals surface area contributed by atoms with Gasteiger partial charge in [-0.25, -0.2) is 4.39 Å². The van der Waals surface area contributed by atoms with Gasteiger partial charge in [-0.2, -0.15) is 0 Å². The minimum absolute atomic E-state index is 0.0797. The number of rotatable bonds is 4. The third-order valence-electron chi connectivity index (χ3n) is 5.30. The highest BCUT2D eigenvalue weighted by atomic mass is 19.1. The molecule has 30 heavy (non-hydrogen) atoms. The van der Waals surface area contributed by atoms with E-state index in [-0.39, 0.29) is 11.2 Å². The molecule has 1 N–H and O–H groups in total. The molecule has 0 radical (unpaired) electrons. The molecular weight excluding hydrogens is 369 g/mol. The largest absolute Gasteiger partial charge is 0.353 e. The van der Waals surface area contributed by atoms with Crippen molar-refractivity contribution in [2.45, 2.75) is 26.2 Å². The summed E-state index contributed by atoms with van der Waals surface area (Å²) in [6.07, 6.45) is 0. The van der Waals surface area contributed by atoms with E-state index in [0.717, 1.165) is 27.9 Å². The lowest BCUT2D eigenvalue weighted by molar-refractivity contribution is 0.590. The molecule has 4 aromatic carbocycles. The second-order valence-corrected chi connectivity index (χ2v) is 8.57. The fourth-order valence-corrected chi connectivity index (χ4v) is 3.57. The van der Waals surface area contributed by atoms with E-state index in [4.69, 9.17) is 0 Å². The van der Waals surface area contributed by atoms with Crippen LogP contribution < -0.4 is 5.32 Å². The van der Waals surface area contributed by atoms with Crippen LogP contribution in [-0.2, 0) is 5.41 Å². The smallest absolute Gasteiger partial charge is 0.147 e. The van der Waals surface area contributed by atoms with Gasteiger partial charge < -0.3 is 5.32 Å². The first-order valence-corrected chi connectivity index (χ1v) is 10.2. The zero-order chi connectivity index (χ0) is 21.1. The second kappa shape index (κ2) is 8.16. The van der Waals surface area contributed by atoms with Crippen LogP contribution in [0.5, 0.6) is 0 Å². The lowest BCUT2D eigenvalue weighted by atomic mass is 9.87. The Hall–Kier alpha value is -3.39. The van der Waals surface area contributed by atoms with Gasteiger partial charge in [-0.05, 0) is 51.9 Å². The molecule has 0 heterocycles. The van der Waals surface area contributed by atoms with Crippen LogP contribution in [0.25, 0.3) is 22.3 Å². The maximum Gasteiger partial charge on any atom is 0.147 e. The van der Waals surface area contributed by atoms with E-state index in [1.807, 2.05) is 72.8 Å². The molecule has 4 rings (SSSR count). The molecule has 0 aliphatic carbocycles. The second-order valence-electron chi connectivity index (χ2n) is 8.57. The number of hydrogen-bond acceptors (Lipinski definition) is 1. The third kappa shape index (κ3) is 4.28. The van der Waals surface area contributed by atoms with Gasteiger partial charge >= 0.3 is 0 Å². The predicted molar refractivity (Wildman–Crippen MR) is 126 cm³/mol.